The molecule has 1 spiro atoms. The lowest BCUT2D eigenvalue weighted by Gasteiger charge is -2.39. The van der Waals surface area contributed by atoms with E-state index in [1.54, 1.807) is 0 Å². The maximum Gasteiger partial charge on any atom is 0.164 e. The zero-order valence-corrected chi connectivity index (χ0v) is 30.0. The van der Waals surface area contributed by atoms with Crippen LogP contribution in [0.15, 0.2) is 198 Å². The molecular weight excluding hydrogens is 675 g/mol. The van der Waals surface area contributed by atoms with Gasteiger partial charge in [-0.05, 0) is 73.5 Å². The van der Waals surface area contributed by atoms with Crippen LogP contribution < -0.4 is 0 Å². The molecule has 0 bridgehead atoms. The fourth-order valence-electron chi connectivity index (χ4n) is 8.60. The highest BCUT2D eigenvalue weighted by atomic mass is 32.2. The Kier molecular flexibility index (Phi) is 7.01. The van der Waals surface area contributed by atoms with Crippen LogP contribution >= 0.6 is 11.8 Å². The maximum absolute atomic E-state index is 5.16. The molecule has 54 heavy (non-hydrogen) atoms. The van der Waals surface area contributed by atoms with Crippen LogP contribution in [-0.4, -0.2) is 15.0 Å². The monoisotopic (exact) mass is 705 g/mol. The minimum absolute atomic E-state index is 0.429. The van der Waals surface area contributed by atoms with Crippen molar-refractivity contribution in [1.29, 1.82) is 0 Å². The molecule has 2 aliphatic rings. The van der Waals surface area contributed by atoms with Crippen LogP contribution in [0.3, 0.4) is 0 Å². The normalized spacial score (nSPS) is 13.3. The number of hydrogen-bond acceptors (Lipinski definition) is 4. The lowest BCUT2D eigenvalue weighted by molar-refractivity contribution is 0.723. The number of benzene rings is 8. The van der Waals surface area contributed by atoms with E-state index in [1.165, 1.54) is 59.5 Å². The first-order valence-corrected chi connectivity index (χ1v) is 19.1. The Hall–Kier alpha value is -6.62. The molecule has 0 unspecified atom stereocenters. The van der Waals surface area contributed by atoms with Crippen molar-refractivity contribution in [3.05, 3.63) is 210 Å². The molecule has 2 heterocycles. The average Bonchev–Trinajstić information content (AvgIpc) is 3.55. The van der Waals surface area contributed by atoms with Crippen LogP contribution in [0.4, 0.5) is 0 Å². The minimum atomic E-state index is -0.429. The largest absolute Gasteiger partial charge is 0.208 e. The maximum atomic E-state index is 5.16. The first-order chi connectivity index (χ1) is 26.8. The highest BCUT2D eigenvalue weighted by molar-refractivity contribution is 7.99. The lowest BCUT2D eigenvalue weighted by Crippen LogP contribution is -2.31. The number of aromatic nitrogens is 3. The summed E-state index contributed by atoms with van der Waals surface area (Å²) in [5, 5.41) is 2.38. The summed E-state index contributed by atoms with van der Waals surface area (Å²) in [6, 6.07) is 67.4. The number of hydrogen-bond donors (Lipinski definition) is 0. The molecule has 9 aromatic rings. The van der Waals surface area contributed by atoms with Crippen molar-refractivity contribution in [2.24, 2.45) is 0 Å². The fraction of sp³-hybridized carbons (Fsp3) is 0.0200. The van der Waals surface area contributed by atoms with Gasteiger partial charge in [-0.1, -0.05) is 182 Å². The standard InChI is InChI=1S/C50H31N3S/c1-3-13-32(14-4-1)33-23-26-36(27-24-33)48-51-47(35-15-5-2-6-16-35)52-49(53-48)37-28-25-34-29-30-43-46(39(34)31-37)38-17-7-8-18-40(38)50(43)41-19-9-11-21-44(41)54-45-22-12-10-20-42(45)50/h1-31H. The van der Waals surface area contributed by atoms with Gasteiger partial charge in [-0.2, -0.15) is 0 Å². The smallest absolute Gasteiger partial charge is 0.164 e. The van der Waals surface area contributed by atoms with E-state index in [9.17, 15) is 0 Å². The molecule has 1 aliphatic heterocycles. The molecule has 0 fully saturated rings. The van der Waals surface area contributed by atoms with Crippen LogP contribution in [0.2, 0.25) is 0 Å². The quantitative estimate of drug-likeness (QED) is 0.183. The fourth-order valence-corrected chi connectivity index (χ4v) is 9.79. The molecule has 0 N–H and O–H groups in total. The molecule has 3 nitrogen and oxygen atoms in total. The summed E-state index contributed by atoms with van der Waals surface area (Å²) in [6.07, 6.45) is 0. The Balaban J connectivity index is 1.13. The summed E-state index contributed by atoms with van der Waals surface area (Å²) in [5.41, 5.74) is 12.6. The van der Waals surface area contributed by atoms with Gasteiger partial charge in [0.2, 0.25) is 0 Å². The first-order valence-electron chi connectivity index (χ1n) is 18.3. The third kappa shape index (κ3) is 4.67. The zero-order chi connectivity index (χ0) is 35.6. The van der Waals surface area contributed by atoms with Crippen LogP contribution in [0, 0.1) is 0 Å². The van der Waals surface area contributed by atoms with Gasteiger partial charge in [0.05, 0.1) is 5.41 Å². The molecule has 0 radical (unpaired) electrons. The van der Waals surface area contributed by atoms with Gasteiger partial charge in [-0.3, -0.25) is 0 Å². The van der Waals surface area contributed by atoms with Crippen molar-refractivity contribution in [1.82, 2.24) is 15.0 Å². The van der Waals surface area contributed by atoms with E-state index >= 15 is 0 Å². The summed E-state index contributed by atoms with van der Waals surface area (Å²) >= 11 is 1.87. The van der Waals surface area contributed by atoms with E-state index in [4.69, 9.17) is 15.0 Å². The molecule has 0 amide bonds. The van der Waals surface area contributed by atoms with E-state index in [2.05, 4.69) is 164 Å². The molecule has 0 atom stereocenters. The van der Waals surface area contributed by atoms with E-state index in [1.807, 2.05) is 36.0 Å². The third-order valence-electron chi connectivity index (χ3n) is 11.0. The van der Waals surface area contributed by atoms with Gasteiger partial charge in [0, 0.05) is 26.5 Å². The molecule has 8 aromatic carbocycles. The minimum Gasteiger partial charge on any atom is -0.208 e. The number of nitrogens with zero attached hydrogens (tertiary/aromatic N) is 3. The Labute approximate surface area is 318 Å². The van der Waals surface area contributed by atoms with Gasteiger partial charge < -0.3 is 0 Å². The van der Waals surface area contributed by atoms with E-state index in [-0.39, 0.29) is 0 Å². The molecule has 1 aromatic heterocycles. The van der Waals surface area contributed by atoms with Crippen molar-refractivity contribution in [3.63, 3.8) is 0 Å². The second kappa shape index (κ2) is 12.2. The second-order valence-electron chi connectivity index (χ2n) is 13.9. The Bertz CT molecular complexity index is 2860. The summed E-state index contributed by atoms with van der Waals surface area (Å²) in [4.78, 5) is 17.9. The average molecular weight is 706 g/mol. The van der Waals surface area contributed by atoms with Crippen LogP contribution in [0.1, 0.15) is 22.3 Å². The Morgan fingerprint density at radius 2 is 0.815 bits per heavy atom. The van der Waals surface area contributed by atoms with Gasteiger partial charge in [-0.25, -0.2) is 15.0 Å². The highest BCUT2D eigenvalue weighted by Gasteiger charge is 2.50. The van der Waals surface area contributed by atoms with Gasteiger partial charge in [0.15, 0.2) is 17.5 Å². The molecule has 11 rings (SSSR count). The molecule has 0 saturated carbocycles. The Morgan fingerprint density at radius 1 is 0.352 bits per heavy atom. The summed E-state index contributed by atoms with van der Waals surface area (Å²) in [5.74, 6) is 1.95. The van der Waals surface area contributed by atoms with E-state index in [0.29, 0.717) is 17.5 Å². The summed E-state index contributed by atoms with van der Waals surface area (Å²) in [6.45, 7) is 0. The van der Waals surface area contributed by atoms with Crippen LogP contribution in [0.5, 0.6) is 0 Å². The van der Waals surface area contributed by atoms with Gasteiger partial charge in [-0.15, -0.1) is 0 Å². The van der Waals surface area contributed by atoms with E-state index < -0.39 is 5.41 Å². The van der Waals surface area contributed by atoms with Gasteiger partial charge >= 0.3 is 0 Å². The number of fused-ring (bicyclic) bond motifs is 11. The van der Waals surface area contributed by atoms with Crippen molar-refractivity contribution in [2.45, 2.75) is 15.2 Å². The predicted octanol–water partition coefficient (Wildman–Crippen LogP) is 12.5. The molecular formula is C50H31N3S. The zero-order valence-electron chi connectivity index (χ0n) is 29.1. The number of rotatable bonds is 4. The molecule has 1 aliphatic carbocycles. The van der Waals surface area contributed by atoms with Crippen molar-refractivity contribution in [2.75, 3.05) is 0 Å². The molecule has 0 saturated heterocycles. The summed E-state index contributed by atoms with van der Waals surface area (Å²) in [7, 11) is 0. The topological polar surface area (TPSA) is 38.7 Å². The van der Waals surface area contributed by atoms with Crippen molar-refractivity contribution in [3.8, 4) is 56.4 Å². The lowest BCUT2D eigenvalue weighted by atomic mass is 9.67. The molecule has 4 heteroatoms. The first kappa shape index (κ1) is 31.0. The SMILES string of the molecule is c1ccc(-c2ccc(-c3nc(-c4ccccc4)nc(-c4ccc5ccc6c(c5c4)-c4ccccc4C64c5ccccc5Sc5ccccc54)n3)cc2)cc1. The predicted molar refractivity (Wildman–Crippen MR) is 221 cm³/mol. The third-order valence-corrected chi connectivity index (χ3v) is 12.2. The van der Waals surface area contributed by atoms with Gasteiger partial charge in [0.1, 0.15) is 0 Å². The van der Waals surface area contributed by atoms with Gasteiger partial charge in [0.25, 0.3) is 0 Å². The van der Waals surface area contributed by atoms with Crippen molar-refractivity contribution < 1.29 is 0 Å². The second-order valence-corrected chi connectivity index (χ2v) is 15.0. The highest BCUT2D eigenvalue weighted by Crippen LogP contribution is 2.63. The van der Waals surface area contributed by atoms with E-state index in [0.717, 1.165) is 22.3 Å². The van der Waals surface area contributed by atoms with Crippen LogP contribution in [-0.2, 0) is 5.41 Å². The van der Waals surface area contributed by atoms with Crippen LogP contribution in [0.25, 0.3) is 67.2 Å². The molecule has 252 valence electrons. The Morgan fingerprint density at radius 3 is 1.48 bits per heavy atom. The summed E-state index contributed by atoms with van der Waals surface area (Å²) < 4.78 is 0. The van der Waals surface area contributed by atoms with Crippen molar-refractivity contribution >= 4 is 22.5 Å².